The van der Waals surface area contributed by atoms with Gasteiger partial charge in [-0.05, 0) is 38.6 Å². The number of likely N-dealkylation sites (tertiary alicyclic amines) is 1. The highest BCUT2D eigenvalue weighted by Gasteiger charge is 2.25. The Balaban J connectivity index is 1.92. The van der Waals surface area contributed by atoms with Crippen molar-refractivity contribution in [1.29, 1.82) is 0 Å². The lowest BCUT2D eigenvalue weighted by Gasteiger charge is -2.13. The van der Waals surface area contributed by atoms with Crippen LogP contribution in [0.4, 0.5) is 8.78 Å². The Kier molecular flexibility index (Phi) is 3.74. The zero-order valence-corrected chi connectivity index (χ0v) is 10.2. The highest BCUT2D eigenvalue weighted by molar-refractivity contribution is 5.18. The first-order valence-corrected chi connectivity index (χ1v) is 5.94. The molecule has 1 heterocycles. The molecule has 1 aliphatic rings. The van der Waals surface area contributed by atoms with Gasteiger partial charge in [-0.1, -0.05) is 0 Å². The van der Waals surface area contributed by atoms with Crippen molar-refractivity contribution < 1.29 is 8.78 Å². The molecular weight excluding hydrogens is 222 g/mol. The van der Waals surface area contributed by atoms with Crippen molar-refractivity contribution in [3.8, 4) is 0 Å². The van der Waals surface area contributed by atoms with Crippen LogP contribution in [0.2, 0.25) is 0 Å². The van der Waals surface area contributed by atoms with E-state index in [0.29, 0.717) is 24.2 Å². The van der Waals surface area contributed by atoms with Crippen LogP contribution in [0, 0.1) is 11.6 Å². The van der Waals surface area contributed by atoms with Crippen molar-refractivity contribution in [2.75, 3.05) is 13.6 Å². The van der Waals surface area contributed by atoms with Crippen LogP contribution >= 0.6 is 0 Å². The van der Waals surface area contributed by atoms with Gasteiger partial charge in [-0.25, -0.2) is 8.78 Å². The van der Waals surface area contributed by atoms with Crippen LogP contribution in [0.3, 0.4) is 0 Å². The van der Waals surface area contributed by atoms with Gasteiger partial charge in [0.15, 0.2) is 0 Å². The average molecular weight is 240 g/mol. The van der Waals surface area contributed by atoms with Gasteiger partial charge in [0.05, 0.1) is 0 Å². The summed E-state index contributed by atoms with van der Waals surface area (Å²) in [6, 6.07) is 4.48. The van der Waals surface area contributed by atoms with Crippen molar-refractivity contribution >= 4 is 0 Å². The van der Waals surface area contributed by atoms with Crippen LogP contribution in [0.1, 0.15) is 18.9 Å². The number of likely N-dealkylation sites (N-methyl/N-ethyl adjacent to an activating group) is 1. The smallest absolute Gasteiger partial charge is 0.127 e. The molecule has 0 amide bonds. The van der Waals surface area contributed by atoms with Gasteiger partial charge in [-0.3, -0.25) is 0 Å². The van der Waals surface area contributed by atoms with E-state index in [9.17, 15) is 8.78 Å². The van der Waals surface area contributed by atoms with Crippen LogP contribution in [0.5, 0.6) is 0 Å². The van der Waals surface area contributed by atoms with Gasteiger partial charge in [-0.15, -0.1) is 0 Å². The predicted molar refractivity (Wildman–Crippen MR) is 63.7 cm³/mol. The van der Waals surface area contributed by atoms with Crippen LogP contribution in [-0.4, -0.2) is 30.6 Å². The van der Waals surface area contributed by atoms with Gasteiger partial charge in [0.2, 0.25) is 0 Å². The topological polar surface area (TPSA) is 15.3 Å². The maximum Gasteiger partial charge on any atom is 0.127 e. The second kappa shape index (κ2) is 5.10. The summed E-state index contributed by atoms with van der Waals surface area (Å²) in [5.41, 5.74) is 0.396. The molecule has 17 heavy (non-hydrogen) atoms. The highest BCUT2D eigenvalue weighted by atomic mass is 19.1. The Morgan fingerprint density at radius 1 is 1.41 bits per heavy atom. The minimum atomic E-state index is -0.389. The van der Waals surface area contributed by atoms with E-state index >= 15 is 0 Å². The maximum atomic E-state index is 13.4. The standard InChI is InChI=1S/C13H18F2N2/c1-9-5-12(8-17(9)2)16-7-10-6-11(14)3-4-13(10)15/h3-4,6,9,12,16H,5,7-8H2,1-2H3. The highest BCUT2D eigenvalue weighted by Crippen LogP contribution is 2.16. The lowest BCUT2D eigenvalue weighted by atomic mass is 10.1. The lowest BCUT2D eigenvalue weighted by Crippen LogP contribution is -2.31. The fourth-order valence-corrected chi connectivity index (χ4v) is 2.27. The van der Waals surface area contributed by atoms with E-state index in [1.54, 1.807) is 0 Å². The third kappa shape index (κ3) is 3.01. The van der Waals surface area contributed by atoms with Crippen molar-refractivity contribution in [3.63, 3.8) is 0 Å². The third-order valence-electron chi connectivity index (χ3n) is 3.48. The molecule has 1 N–H and O–H groups in total. The monoisotopic (exact) mass is 240 g/mol. The van der Waals surface area contributed by atoms with Gasteiger partial charge in [0.25, 0.3) is 0 Å². The summed E-state index contributed by atoms with van der Waals surface area (Å²) < 4.78 is 26.3. The summed E-state index contributed by atoms with van der Waals surface area (Å²) in [7, 11) is 2.08. The molecule has 1 aromatic rings. The van der Waals surface area contributed by atoms with Crippen LogP contribution in [-0.2, 0) is 6.54 Å². The first-order valence-electron chi connectivity index (χ1n) is 5.94. The molecule has 0 bridgehead atoms. The normalized spacial score (nSPS) is 25.4. The Morgan fingerprint density at radius 3 is 2.82 bits per heavy atom. The predicted octanol–water partition coefficient (Wildman–Crippen LogP) is 2.15. The molecule has 0 spiro atoms. The van der Waals surface area contributed by atoms with Crippen molar-refractivity contribution in [3.05, 3.63) is 35.4 Å². The van der Waals surface area contributed by atoms with Crippen LogP contribution < -0.4 is 5.32 Å². The van der Waals surface area contributed by atoms with Gasteiger partial charge in [0.1, 0.15) is 11.6 Å². The van der Waals surface area contributed by atoms with E-state index < -0.39 is 0 Å². The van der Waals surface area contributed by atoms with Gasteiger partial charge in [0, 0.05) is 30.7 Å². The van der Waals surface area contributed by atoms with Crippen LogP contribution in [0.15, 0.2) is 18.2 Å². The summed E-state index contributed by atoms with van der Waals surface area (Å²) in [5, 5.41) is 3.28. The molecule has 2 atom stereocenters. The lowest BCUT2D eigenvalue weighted by molar-refractivity contribution is 0.326. The molecule has 2 nitrogen and oxygen atoms in total. The molecule has 1 fully saturated rings. The molecule has 0 saturated carbocycles. The molecule has 0 aliphatic carbocycles. The fourth-order valence-electron chi connectivity index (χ4n) is 2.27. The number of hydrogen-bond donors (Lipinski definition) is 1. The molecule has 1 aromatic carbocycles. The second-order valence-corrected chi connectivity index (χ2v) is 4.84. The zero-order chi connectivity index (χ0) is 12.4. The molecular formula is C13H18F2N2. The van der Waals surface area contributed by atoms with Crippen molar-refractivity contribution in [2.24, 2.45) is 0 Å². The van der Waals surface area contributed by atoms with E-state index in [1.165, 1.54) is 12.1 Å². The van der Waals surface area contributed by atoms with E-state index in [1.807, 2.05) is 0 Å². The van der Waals surface area contributed by atoms with Crippen molar-refractivity contribution in [2.45, 2.75) is 32.0 Å². The van der Waals surface area contributed by atoms with Crippen LogP contribution in [0.25, 0.3) is 0 Å². The van der Waals surface area contributed by atoms with Gasteiger partial charge < -0.3 is 10.2 Å². The fraction of sp³-hybridized carbons (Fsp3) is 0.538. The minimum absolute atomic E-state index is 0.349. The summed E-state index contributed by atoms with van der Waals surface area (Å²) in [6.07, 6.45) is 1.05. The number of nitrogens with zero attached hydrogens (tertiary/aromatic N) is 1. The summed E-state index contributed by atoms with van der Waals surface area (Å²) in [5.74, 6) is -0.738. The zero-order valence-electron chi connectivity index (χ0n) is 10.2. The Hall–Kier alpha value is -1.00. The SMILES string of the molecule is CC1CC(NCc2cc(F)ccc2F)CN1C. The average Bonchev–Trinajstić information content (AvgIpc) is 2.60. The largest absolute Gasteiger partial charge is 0.308 e. The minimum Gasteiger partial charge on any atom is -0.308 e. The van der Waals surface area contributed by atoms with E-state index in [4.69, 9.17) is 0 Å². The summed E-state index contributed by atoms with van der Waals surface area (Å²) >= 11 is 0. The van der Waals surface area contributed by atoms with Crippen molar-refractivity contribution in [1.82, 2.24) is 10.2 Å². The molecule has 2 unspecified atom stereocenters. The molecule has 1 saturated heterocycles. The molecule has 0 aromatic heterocycles. The molecule has 94 valence electrons. The molecule has 1 aliphatic heterocycles. The number of halogens is 2. The Morgan fingerprint density at radius 2 is 2.18 bits per heavy atom. The molecule has 4 heteroatoms. The Labute approximate surface area is 101 Å². The number of nitrogens with one attached hydrogen (secondary N) is 1. The number of benzene rings is 1. The van der Waals surface area contributed by atoms with E-state index in [2.05, 4.69) is 24.2 Å². The number of rotatable bonds is 3. The van der Waals surface area contributed by atoms with E-state index in [0.717, 1.165) is 19.0 Å². The first-order chi connectivity index (χ1) is 8.06. The number of hydrogen-bond acceptors (Lipinski definition) is 2. The van der Waals surface area contributed by atoms with Gasteiger partial charge in [-0.2, -0.15) is 0 Å². The molecule has 0 radical (unpaired) electrons. The third-order valence-corrected chi connectivity index (χ3v) is 3.48. The van der Waals surface area contributed by atoms with Gasteiger partial charge >= 0.3 is 0 Å². The van der Waals surface area contributed by atoms with E-state index in [-0.39, 0.29) is 11.6 Å². The molecule has 2 rings (SSSR count). The summed E-state index contributed by atoms with van der Waals surface area (Å²) in [4.78, 5) is 2.26. The quantitative estimate of drug-likeness (QED) is 0.871. The second-order valence-electron chi connectivity index (χ2n) is 4.84. The Bertz CT molecular complexity index is 385. The first kappa shape index (κ1) is 12.5. The summed E-state index contributed by atoms with van der Waals surface area (Å²) in [6.45, 7) is 3.51. The maximum absolute atomic E-state index is 13.4.